The third-order valence-electron chi connectivity index (χ3n) is 1.46. The van der Waals surface area contributed by atoms with Gasteiger partial charge < -0.3 is 0 Å². The molecule has 12 heavy (non-hydrogen) atoms. The predicted octanol–water partition coefficient (Wildman–Crippen LogP) is 0.148. The predicted molar refractivity (Wildman–Crippen MR) is 41.4 cm³/mol. The molecule has 0 aromatic carbocycles. The van der Waals surface area contributed by atoms with Gasteiger partial charge >= 0.3 is 0 Å². The summed E-state index contributed by atoms with van der Waals surface area (Å²) in [5, 5.41) is 0. The van der Waals surface area contributed by atoms with E-state index in [0.717, 1.165) is 5.69 Å². The summed E-state index contributed by atoms with van der Waals surface area (Å²) < 4.78 is 1.80. The highest BCUT2D eigenvalue weighted by Crippen LogP contribution is 1.91. The molecule has 2 rings (SSSR count). The molecule has 0 fully saturated rings. The first kappa shape index (κ1) is 6.84. The molecule has 2 aromatic heterocycles. The Kier molecular flexibility index (Phi) is 1.74. The first-order valence-electron chi connectivity index (χ1n) is 3.53. The Labute approximate surface area is 69.6 Å². The Bertz CT molecular complexity index is 308. The van der Waals surface area contributed by atoms with Crippen molar-refractivity contribution in [3.05, 3.63) is 43.5 Å². The van der Waals surface area contributed by atoms with Crippen molar-refractivity contribution in [3.63, 3.8) is 0 Å². The molecule has 0 radical (unpaired) electrons. The Morgan fingerprint density at radius 1 is 1.08 bits per heavy atom. The van der Waals surface area contributed by atoms with Gasteiger partial charge in [-0.3, -0.25) is 4.98 Å². The monoisotopic (exact) mass is 159 g/mol. The topological polar surface area (TPSA) is 42.5 Å². The van der Waals surface area contributed by atoms with E-state index in [1.165, 1.54) is 6.33 Å². The standard InChI is InChI=1S/C8H7N4/c1-2-8(4-9-3-1)12-6-10-5-11-7-12/h1-7H/q+1. The fourth-order valence-corrected chi connectivity index (χ4v) is 0.911. The number of pyridine rings is 1. The Balaban J connectivity index is 2.46. The van der Waals surface area contributed by atoms with E-state index in [9.17, 15) is 0 Å². The summed E-state index contributed by atoms with van der Waals surface area (Å²) in [6, 6.07) is 3.81. The second kappa shape index (κ2) is 3.04. The molecule has 0 aliphatic rings. The van der Waals surface area contributed by atoms with Gasteiger partial charge in [0, 0.05) is 6.20 Å². The van der Waals surface area contributed by atoms with Crippen molar-refractivity contribution in [2.45, 2.75) is 0 Å². The molecule has 0 N–H and O–H groups in total. The lowest BCUT2D eigenvalue weighted by Crippen LogP contribution is -2.30. The lowest BCUT2D eigenvalue weighted by molar-refractivity contribution is -0.603. The second-order valence-corrected chi connectivity index (χ2v) is 2.26. The summed E-state index contributed by atoms with van der Waals surface area (Å²) in [5.41, 5.74) is 0.957. The van der Waals surface area contributed by atoms with Crippen LogP contribution < -0.4 is 4.57 Å². The van der Waals surface area contributed by atoms with E-state index in [1.54, 1.807) is 29.6 Å². The first-order valence-corrected chi connectivity index (χ1v) is 3.53. The van der Waals surface area contributed by atoms with Crippen molar-refractivity contribution in [1.82, 2.24) is 15.0 Å². The molecule has 0 aliphatic heterocycles. The van der Waals surface area contributed by atoms with E-state index < -0.39 is 0 Å². The zero-order chi connectivity index (χ0) is 8.23. The maximum Gasteiger partial charge on any atom is 0.263 e. The molecule has 0 aliphatic carbocycles. The minimum Gasteiger partial charge on any atom is -0.261 e. The van der Waals surface area contributed by atoms with E-state index >= 15 is 0 Å². The van der Waals surface area contributed by atoms with Gasteiger partial charge in [-0.05, 0) is 12.1 Å². The summed E-state index contributed by atoms with van der Waals surface area (Å²) in [6.45, 7) is 0. The van der Waals surface area contributed by atoms with E-state index in [1.807, 2.05) is 12.1 Å². The summed E-state index contributed by atoms with van der Waals surface area (Å²) in [7, 11) is 0. The van der Waals surface area contributed by atoms with E-state index in [-0.39, 0.29) is 0 Å². The molecule has 58 valence electrons. The molecular weight excluding hydrogens is 152 g/mol. The van der Waals surface area contributed by atoms with Gasteiger partial charge in [-0.15, -0.1) is 0 Å². The van der Waals surface area contributed by atoms with Crippen molar-refractivity contribution >= 4 is 0 Å². The van der Waals surface area contributed by atoms with Gasteiger partial charge in [0.2, 0.25) is 12.7 Å². The highest BCUT2D eigenvalue weighted by molar-refractivity contribution is 5.14. The molecule has 0 unspecified atom stereocenters. The molecule has 0 saturated heterocycles. The quantitative estimate of drug-likeness (QED) is 0.556. The highest BCUT2D eigenvalue weighted by Gasteiger charge is 1.97. The minimum absolute atomic E-state index is 0.957. The van der Waals surface area contributed by atoms with Crippen molar-refractivity contribution in [2.24, 2.45) is 0 Å². The largest absolute Gasteiger partial charge is 0.263 e. The van der Waals surface area contributed by atoms with Crippen molar-refractivity contribution in [3.8, 4) is 5.69 Å². The van der Waals surface area contributed by atoms with Gasteiger partial charge in [-0.1, -0.05) is 9.97 Å². The Hall–Kier alpha value is -1.84. The number of aromatic nitrogens is 4. The third-order valence-corrected chi connectivity index (χ3v) is 1.46. The number of rotatable bonds is 1. The Morgan fingerprint density at radius 2 is 1.92 bits per heavy atom. The fraction of sp³-hybridized carbons (Fsp3) is 0. The lowest BCUT2D eigenvalue weighted by atomic mass is 10.4. The summed E-state index contributed by atoms with van der Waals surface area (Å²) in [5.74, 6) is 0. The molecule has 0 spiro atoms. The highest BCUT2D eigenvalue weighted by atomic mass is 15.1. The van der Waals surface area contributed by atoms with E-state index in [2.05, 4.69) is 15.0 Å². The van der Waals surface area contributed by atoms with E-state index in [4.69, 9.17) is 0 Å². The van der Waals surface area contributed by atoms with Crippen LogP contribution >= 0.6 is 0 Å². The first-order chi connectivity index (χ1) is 5.97. The average molecular weight is 159 g/mol. The summed E-state index contributed by atoms with van der Waals surface area (Å²) in [6.07, 6.45) is 8.35. The van der Waals surface area contributed by atoms with Crippen molar-refractivity contribution < 1.29 is 4.57 Å². The smallest absolute Gasteiger partial charge is 0.261 e. The van der Waals surface area contributed by atoms with Crippen LogP contribution in [0.5, 0.6) is 0 Å². The van der Waals surface area contributed by atoms with Gasteiger partial charge in [0.05, 0.1) is 6.20 Å². The van der Waals surface area contributed by atoms with Crippen molar-refractivity contribution in [1.29, 1.82) is 0 Å². The van der Waals surface area contributed by atoms with Gasteiger partial charge in [0.1, 0.15) is 5.69 Å². The number of hydrogen-bond donors (Lipinski definition) is 0. The van der Waals surface area contributed by atoms with Crippen LogP contribution in [0.2, 0.25) is 0 Å². The van der Waals surface area contributed by atoms with Gasteiger partial charge in [0.25, 0.3) is 6.33 Å². The second-order valence-electron chi connectivity index (χ2n) is 2.26. The van der Waals surface area contributed by atoms with Crippen molar-refractivity contribution in [2.75, 3.05) is 0 Å². The van der Waals surface area contributed by atoms with Gasteiger partial charge in [0.15, 0.2) is 0 Å². The van der Waals surface area contributed by atoms with Gasteiger partial charge in [-0.2, -0.15) is 0 Å². The number of nitrogens with zero attached hydrogens (tertiary/aromatic N) is 4. The van der Waals surface area contributed by atoms with Crippen LogP contribution in [-0.4, -0.2) is 15.0 Å². The molecule has 4 heteroatoms. The van der Waals surface area contributed by atoms with Crippen LogP contribution in [0, 0.1) is 0 Å². The average Bonchev–Trinajstić information content (AvgIpc) is 2.21. The minimum atomic E-state index is 0.957. The van der Waals surface area contributed by atoms with Crippen LogP contribution in [0.15, 0.2) is 43.5 Å². The molecule has 0 saturated carbocycles. The van der Waals surface area contributed by atoms with Crippen LogP contribution in [-0.2, 0) is 0 Å². The van der Waals surface area contributed by atoms with Crippen LogP contribution in [0.4, 0.5) is 0 Å². The number of hydrogen-bond acceptors (Lipinski definition) is 3. The molecule has 0 bridgehead atoms. The molecule has 0 amide bonds. The zero-order valence-electron chi connectivity index (χ0n) is 6.33. The SMILES string of the molecule is c1cncc(-[n+]2cncnc2)c1. The molecule has 2 aromatic rings. The molecule has 2 heterocycles. The Morgan fingerprint density at radius 3 is 2.58 bits per heavy atom. The van der Waals surface area contributed by atoms with Crippen LogP contribution in [0.3, 0.4) is 0 Å². The van der Waals surface area contributed by atoms with Gasteiger partial charge in [-0.25, -0.2) is 4.57 Å². The summed E-state index contributed by atoms with van der Waals surface area (Å²) >= 11 is 0. The maximum atomic E-state index is 3.98. The third kappa shape index (κ3) is 1.27. The molecular formula is C8H7N4+. The maximum absolute atomic E-state index is 3.98. The molecule has 4 nitrogen and oxygen atoms in total. The zero-order valence-corrected chi connectivity index (χ0v) is 6.33. The fourth-order valence-electron chi connectivity index (χ4n) is 0.911. The normalized spacial score (nSPS) is 9.67. The summed E-state index contributed by atoms with van der Waals surface area (Å²) in [4.78, 5) is 11.8. The van der Waals surface area contributed by atoms with E-state index in [0.29, 0.717) is 0 Å². The lowest BCUT2D eigenvalue weighted by Gasteiger charge is -1.94. The van der Waals surface area contributed by atoms with Crippen LogP contribution in [0.25, 0.3) is 5.69 Å². The van der Waals surface area contributed by atoms with Crippen LogP contribution in [0.1, 0.15) is 0 Å². The molecule has 0 atom stereocenters.